The molecule has 0 saturated heterocycles. The Labute approximate surface area is 358 Å². The average molecular weight is 816 g/mol. The van der Waals surface area contributed by atoms with Gasteiger partial charge in [0.05, 0.1) is 5.92 Å². The van der Waals surface area contributed by atoms with E-state index in [4.69, 9.17) is 47.8 Å². The molecule has 292 valence electrons. The zero-order chi connectivity index (χ0) is 37.8. The zero-order valence-electron chi connectivity index (χ0n) is 31.7. The fraction of sp³-hybridized carbons (Fsp3) is 0.385. The van der Waals surface area contributed by atoms with E-state index in [-0.39, 0.29) is 83.0 Å². The van der Waals surface area contributed by atoms with Gasteiger partial charge in [0.25, 0.3) is 0 Å². The Bertz CT molecular complexity index is 2130. The van der Waals surface area contributed by atoms with Gasteiger partial charge in [-0.2, -0.15) is 15.0 Å². The van der Waals surface area contributed by atoms with Crippen molar-refractivity contribution in [3.8, 4) is 23.1 Å². The Hall–Kier alpha value is -4.18. The Morgan fingerprint density at radius 1 is 0.786 bits per heavy atom. The molecule has 3 N–H and O–H groups in total. The second-order valence-corrected chi connectivity index (χ2v) is 13.8. The van der Waals surface area contributed by atoms with E-state index in [1.165, 1.54) is 0 Å². The average Bonchev–Trinajstić information content (AvgIpc) is 4.10. The largest absolute Gasteiger partial charge is 1.00 e. The predicted molar refractivity (Wildman–Crippen MR) is 207 cm³/mol. The van der Waals surface area contributed by atoms with Crippen molar-refractivity contribution in [1.82, 2.24) is 30.1 Å². The molecule has 56 heavy (non-hydrogen) atoms. The van der Waals surface area contributed by atoms with Crippen LogP contribution in [0.15, 0.2) is 58.2 Å². The van der Waals surface area contributed by atoms with Gasteiger partial charge in [-0.25, -0.2) is 14.8 Å². The fourth-order valence-corrected chi connectivity index (χ4v) is 5.46. The van der Waals surface area contributed by atoms with E-state index in [1.807, 2.05) is 77.9 Å². The van der Waals surface area contributed by atoms with Gasteiger partial charge in [-0.1, -0.05) is 66.3 Å². The molecule has 14 nitrogen and oxygen atoms in total. The summed E-state index contributed by atoms with van der Waals surface area (Å²) in [5.41, 5.74) is 12.7. The maximum atomic E-state index is 11.5. The number of nitrogens with two attached hydrogens (primary N) is 1. The third-order valence-corrected chi connectivity index (χ3v) is 9.38. The number of halogens is 2. The molecular formula is C39H45Cl2N8NaO6. The van der Waals surface area contributed by atoms with Crippen LogP contribution in [0.4, 0.5) is 0 Å². The number of rotatable bonds is 11. The van der Waals surface area contributed by atoms with Gasteiger partial charge < -0.3 is 30.0 Å². The molecule has 2 aromatic carbocycles. The molecule has 0 aliphatic heterocycles. The SMILES string of the molecule is C.Cc1nc(Cl)nc(O[C@@H](C)c2ccc(-c3noc(C4CC4)n3)cc2)c1C.Cc1nc(Cl)nc(O[C@@H](C)c2ccc(/C(N)=N/OC(=O)C3CC3)cc2)c1C.[Na+].[OH-]. The number of aromatic nitrogens is 6. The monoisotopic (exact) mass is 814 g/mol. The van der Waals surface area contributed by atoms with Crippen molar-refractivity contribution in [2.45, 2.75) is 92.8 Å². The summed E-state index contributed by atoms with van der Waals surface area (Å²) < 4.78 is 17.3. The Kier molecular flexibility index (Phi) is 16.8. The number of hydrogen-bond acceptors (Lipinski definition) is 13. The van der Waals surface area contributed by atoms with Crippen LogP contribution in [0.1, 0.15) is 110 Å². The standard InChI is InChI=1S/C19H21ClN4O3.C19H19ClN4O2.CH4.Na.H2O/c1-10-11(2)22-19(20)23-17(10)26-12(3)13-4-6-14(7-5-13)16(21)24-27-18(25)15-8-9-15;1-10-11(2)21-19(20)23-17(10)25-12(3)13-4-6-14(7-5-13)16-22-18(26-24-16)15-8-9-15;;;/h4-7,12,15H,8-9H2,1-3H3,(H2,21,24);4-7,12,15H,8-9H2,1-3H3;1H4;;1H2/q;;;+1;/p-1/t2*12-;;;/m00.../s1. The van der Waals surface area contributed by atoms with Crippen molar-refractivity contribution in [2.75, 3.05) is 0 Å². The number of amidine groups is 1. The fourth-order valence-electron chi connectivity index (χ4n) is 5.06. The molecule has 0 unspecified atom stereocenters. The number of ether oxygens (including phenoxy) is 2. The third-order valence-electron chi connectivity index (χ3n) is 9.04. The van der Waals surface area contributed by atoms with Crippen molar-refractivity contribution in [2.24, 2.45) is 16.8 Å². The van der Waals surface area contributed by atoms with Gasteiger partial charge in [0.15, 0.2) is 5.84 Å². The molecule has 0 bridgehead atoms. The second kappa shape index (κ2) is 20.3. The van der Waals surface area contributed by atoms with Gasteiger partial charge in [-0.3, -0.25) is 0 Å². The van der Waals surface area contributed by atoms with E-state index in [1.54, 1.807) is 12.1 Å². The van der Waals surface area contributed by atoms with Gasteiger partial charge in [0.1, 0.15) is 12.2 Å². The van der Waals surface area contributed by atoms with Gasteiger partial charge in [0, 0.05) is 39.6 Å². The molecule has 2 aliphatic rings. The molecule has 0 radical (unpaired) electrons. The van der Waals surface area contributed by atoms with Crippen LogP contribution >= 0.6 is 23.2 Å². The maximum Gasteiger partial charge on any atom is 1.00 e. The van der Waals surface area contributed by atoms with Gasteiger partial charge in [-0.05, 0) is 102 Å². The summed E-state index contributed by atoms with van der Waals surface area (Å²) in [6.45, 7) is 11.4. The van der Waals surface area contributed by atoms with Crippen LogP contribution in [-0.4, -0.2) is 47.4 Å². The van der Waals surface area contributed by atoms with Crippen molar-refractivity contribution in [1.29, 1.82) is 0 Å². The molecule has 3 aromatic heterocycles. The van der Waals surface area contributed by atoms with Crippen LogP contribution in [-0.2, 0) is 9.63 Å². The number of hydrogen-bond donors (Lipinski definition) is 1. The molecule has 17 heteroatoms. The first kappa shape index (κ1) is 46.2. The Balaban J connectivity index is 0.000000285. The molecular weight excluding hydrogens is 770 g/mol. The summed E-state index contributed by atoms with van der Waals surface area (Å²) in [4.78, 5) is 37.4. The number of carbonyl (C=O) groups excluding carboxylic acids is 1. The zero-order valence-corrected chi connectivity index (χ0v) is 35.2. The van der Waals surface area contributed by atoms with Crippen LogP contribution in [0.2, 0.25) is 10.6 Å². The second-order valence-electron chi connectivity index (χ2n) is 13.2. The van der Waals surface area contributed by atoms with E-state index < -0.39 is 0 Å². The molecule has 0 spiro atoms. The number of oxime groups is 1. The maximum absolute atomic E-state index is 11.5. The number of nitrogens with zero attached hydrogens (tertiary/aromatic N) is 7. The van der Waals surface area contributed by atoms with Crippen molar-refractivity contribution in [3.63, 3.8) is 0 Å². The first-order valence-corrected chi connectivity index (χ1v) is 18.0. The topological polar surface area (TPSA) is 204 Å². The molecule has 2 atom stereocenters. The minimum Gasteiger partial charge on any atom is -0.870 e. The molecule has 2 saturated carbocycles. The molecule has 3 heterocycles. The normalized spacial score (nSPS) is 14.4. The molecule has 2 fully saturated rings. The first-order valence-electron chi connectivity index (χ1n) is 17.3. The Morgan fingerprint density at radius 2 is 1.27 bits per heavy atom. The smallest absolute Gasteiger partial charge is 0.870 e. The quantitative estimate of drug-likeness (QED) is 0.0423. The number of aryl methyl sites for hydroxylation is 2. The van der Waals surface area contributed by atoms with E-state index in [2.05, 4.69) is 35.2 Å². The van der Waals surface area contributed by atoms with Gasteiger partial charge in [-0.15, -0.1) is 0 Å². The van der Waals surface area contributed by atoms with E-state index in [0.717, 1.165) is 70.8 Å². The van der Waals surface area contributed by atoms with Gasteiger partial charge in [0.2, 0.25) is 34.0 Å². The minimum atomic E-state index is -0.328. The predicted octanol–water partition coefficient (Wildman–Crippen LogP) is 5.74. The van der Waals surface area contributed by atoms with Gasteiger partial charge >= 0.3 is 35.5 Å². The summed E-state index contributed by atoms with van der Waals surface area (Å²) in [5.74, 6) is 2.58. The van der Waals surface area contributed by atoms with Crippen molar-refractivity contribution >= 4 is 35.0 Å². The molecule has 2 aliphatic carbocycles. The van der Waals surface area contributed by atoms with Crippen molar-refractivity contribution < 1.29 is 58.7 Å². The summed E-state index contributed by atoms with van der Waals surface area (Å²) in [6, 6.07) is 15.3. The van der Waals surface area contributed by atoms with Crippen molar-refractivity contribution in [3.05, 3.63) is 104 Å². The van der Waals surface area contributed by atoms with Crippen LogP contribution in [0.3, 0.4) is 0 Å². The molecule has 0 amide bonds. The van der Waals surface area contributed by atoms with E-state index in [0.29, 0.717) is 29.1 Å². The summed E-state index contributed by atoms with van der Waals surface area (Å²) >= 11 is 11.9. The van der Waals surface area contributed by atoms with E-state index >= 15 is 0 Å². The van der Waals surface area contributed by atoms with Crippen LogP contribution in [0.5, 0.6) is 11.8 Å². The van der Waals surface area contributed by atoms with E-state index in [9.17, 15) is 4.79 Å². The Morgan fingerprint density at radius 3 is 1.73 bits per heavy atom. The molecule has 7 rings (SSSR count). The van der Waals surface area contributed by atoms with Crippen LogP contribution in [0.25, 0.3) is 11.4 Å². The third kappa shape index (κ3) is 11.9. The molecule has 5 aromatic rings. The first-order chi connectivity index (χ1) is 25.4. The number of carbonyl (C=O) groups is 1. The van der Waals surface area contributed by atoms with Crippen LogP contribution < -0.4 is 44.8 Å². The summed E-state index contributed by atoms with van der Waals surface area (Å²) in [5, 5.41) is 8.13. The van der Waals surface area contributed by atoms with Crippen LogP contribution in [0, 0.1) is 33.6 Å². The minimum absolute atomic E-state index is 0. The summed E-state index contributed by atoms with van der Waals surface area (Å²) in [6.07, 6.45) is 3.56. The number of benzene rings is 2. The summed E-state index contributed by atoms with van der Waals surface area (Å²) in [7, 11) is 0.